The number of carbonyl (C=O) groups is 1. The van der Waals surface area contributed by atoms with E-state index in [1.165, 1.54) is 24.3 Å². The van der Waals surface area contributed by atoms with E-state index < -0.39 is 16.1 Å². The zero-order valence-electron chi connectivity index (χ0n) is 7.91. The molecule has 4 N–H and O–H groups in total. The lowest BCUT2D eigenvalue weighted by atomic mass is 10.3. The fraction of sp³-hybridized carbons (Fsp3) is 0.125. The Morgan fingerprint density at radius 1 is 1.27 bits per heavy atom. The van der Waals surface area contributed by atoms with E-state index in [4.69, 9.17) is 20.2 Å². The molecule has 0 heterocycles. The molecule has 0 saturated carbocycles. The minimum atomic E-state index is -4.08. The topological polar surface area (TPSA) is 118 Å². The maximum atomic E-state index is 10.5. The number of carboxylic acids is 1. The normalized spacial score (nSPS) is 10.0. The van der Waals surface area contributed by atoms with Crippen molar-refractivity contribution >= 4 is 21.8 Å². The molecule has 0 bridgehead atoms. The van der Waals surface area contributed by atoms with Gasteiger partial charge in [0.2, 0.25) is 0 Å². The molecule has 0 aliphatic heterocycles. The molecule has 0 aromatic heterocycles. The van der Waals surface area contributed by atoms with Crippen LogP contribution < -0.4 is 5.73 Å². The summed E-state index contributed by atoms with van der Waals surface area (Å²) < 4.78 is 29.4. The lowest BCUT2D eigenvalue weighted by molar-refractivity contribution is -0.134. The summed E-state index contributed by atoms with van der Waals surface area (Å²) in [5, 5.41) is 7.42. The predicted molar refractivity (Wildman–Crippen MR) is 54.0 cm³/mol. The highest BCUT2D eigenvalue weighted by atomic mass is 32.2. The largest absolute Gasteiger partial charge is 0.481 e. The van der Waals surface area contributed by atoms with Crippen molar-refractivity contribution in [1.82, 2.24) is 0 Å². The van der Waals surface area contributed by atoms with Gasteiger partial charge in [-0.1, -0.05) is 0 Å². The van der Waals surface area contributed by atoms with Crippen LogP contribution in [0.15, 0.2) is 29.2 Å². The molecule has 0 atom stereocenters. The molecule has 0 radical (unpaired) electrons. The molecule has 7 heteroatoms. The highest BCUT2D eigenvalue weighted by Gasteiger charge is 2.06. The van der Waals surface area contributed by atoms with Crippen LogP contribution in [0.1, 0.15) is 6.92 Å². The van der Waals surface area contributed by atoms with E-state index >= 15 is 0 Å². The molecule has 0 amide bonds. The van der Waals surface area contributed by atoms with Gasteiger partial charge in [0.15, 0.2) is 0 Å². The van der Waals surface area contributed by atoms with Gasteiger partial charge in [0.25, 0.3) is 16.1 Å². The minimum Gasteiger partial charge on any atom is -0.481 e. The number of anilines is 1. The molecular weight excluding hydrogens is 222 g/mol. The van der Waals surface area contributed by atoms with E-state index in [0.29, 0.717) is 5.69 Å². The zero-order valence-corrected chi connectivity index (χ0v) is 8.73. The smallest absolute Gasteiger partial charge is 0.300 e. The van der Waals surface area contributed by atoms with Crippen molar-refractivity contribution in [1.29, 1.82) is 0 Å². The molecule has 1 aromatic carbocycles. The Labute approximate surface area is 87.1 Å². The first-order chi connectivity index (χ1) is 6.73. The minimum absolute atomic E-state index is 0.147. The molecule has 1 rings (SSSR count). The van der Waals surface area contributed by atoms with Crippen molar-refractivity contribution in [3.63, 3.8) is 0 Å². The van der Waals surface area contributed by atoms with Gasteiger partial charge in [-0.25, -0.2) is 0 Å². The molecule has 0 saturated heterocycles. The standard InChI is InChI=1S/C6H7NO3S.C2H4O2/c7-5-1-3-6(4-2-5)11(8,9)10;1-2(3)4/h1-4H,7H2,(H,8,9,10);1H3,(H,3,4). The Kier molecular flexibility index (Phi) is 4.75. The molecule has 0 spiro atoms. The lowest BCUT2D eigenvalue weighted by Gasteiger charge is -1.95. The van der Waals surface area contributed by atoms with Crippen molar-refractivity contribution in [3.05, 3.63) is 24.3 Å². The SMILES string of the molecule is CC(=O)O.Nc1ccc(S(=O)(=O)O)cc1. The van der Waals surface area contributed by atoms with Gasteiger partial charge in [0.05, 0.1) is 4.90 Å². The zero-order chi connectivity index (χ0) is 12.1. The summed E-state index contributed by atoms with van der Waals surface area (Å²) in [6, 6.07) is 5.29. The van der Waals surface area contributed by atoms with Crippen LogP contribution in [-0.4, -0.2) is 24.0 Å². The number of hydrogen-bond acceptors (Lipinski definition) is 4. The average Bonchev–Trinajstić information content (AvgIpc) is 2.01. The van der Waals surface area contributed by atoms with Crippen LogP contribution >= 0.6 is 0 Å². The van der Waals surface area contributed by atoms with E-state index in [-0.39, 0.29) is 4.90 Å². The average molecular weight is 233 g/mol. The van der Waals surface area contributed by atoms with Gasteiger partial charge in [0, 0.05) is 12.6 Å². The second kappa shape index (κ2) is 5.32. The van der Waals surface area contributed by atoms with E-state index in [1.54, 1.807) is 0 Å². The van der Waals surface area contributed by atoms with Crippen LogP contribution in [0.4, 0.5) is 5.69 Å². The quantitative estimate of drug-likeness (QED) is 0.483. The maximum absolute atomic E-state index is 10.5. The summed E-state index contributed by atoms with van der Waals surface area (Å²) in [5.41, 5.74) is 5.75. The first-order valence-corrected chi connectivity index (χ1v) is 5.20. The molecule has 1 aromatic rings. The van der Waals surface area contributed by atoms with Crippen molar-refractivity contribution < 1.29 is 22.9 Å². The molecule has 15 heavy (non-hydrogen) atoms. The molecule has 84 valence electrons. The Balaban J connectivity index is 0.000000423. The number of nitrogen functional groups attached to an aromatic ring is 1. The van der Waals surface area contributed by atoms with Gasteiger partial charge in [-0.15, -0.1) is 0 Å². The highest BCUT2D eigenvalue weighted by molar-refractivity contribution is 7.85. The van der Waals surface area contributed by atoms with E-state index in [9.17, 15) is 8.42 Å². The number of carboxylic acid groups (broad SMARTS) is 1. The van der Waals surface area contributed by atoms with Gasteiger partial charge < -0.3 is 10.8 Å². The van der Waals surface area contributed by atoms with Gasteiger partial charge in [-0.05, 0) is 24.3 Å². The maximum Gasteiger partial charge on any atom is 0.300 e. The van der Waals surface area contributed by atoms with Gasteiger partial charge in [-0.3, -0.25) is 9.35 Å². The molecule has 0 fully saturated rings. The first kappa shape index (κ1) is 13.4. The molecule has 0 aliphatic rings. The first-order valence-electron chi connectivity index (χ1n) is 3.76. The third-order valence-corrected chi connectivity index (χ3v) is 2.05. The summed E-state index contributed by atoms with van der Waals surface area (Å²) >= 11 is 0. The van der Waals surface area contributed by atoms with Crippen LogP contribution in [0.5, 0.6) is 0 Å². The molecular formula is C8H11NO5S. The van der Waals surface area contributed by atoms with Crippen LogP contribution in [0.3, 0.4) is 0 Å². The third kappa shape index (κ3) is 6.47. The lowest BCUT2D eigenvalue weighted by Crippen LogP contribution is -1.97. The molecule has 0 unspecified atom stereocenters. The van der Waals surface area contributed by atoms with Crippen molar-refractivity contribution in [3.8, 4) is 0 Å². The number of benzene rings is 1. The van der Waals surface area contributed by atoms with Crippen LogP contribution in [0.2, 0.25) is 0 Å². The number of aliphatic carboxylic acids is 1. The fourth-order valence-corrected chi connectivity index (χ4v) is 1.12. The van der Waals surface area contributed by atoms with Crippen LogP contribution in [0, 0.1) is 0 Å². The van der Waals surface area contributed by atoms with Crippen molar-refractivity contribution in [2.75, 3.05) is 5.73 Å². The fourth-order valence-electron chi connectivity index (χ4n) is 0.640. The van der Waals surface area contributed by atoms with E-state index in [2.05, 4.69) is 0 Å². The summed E-state index contributed by atoms with van der Waals surface area (Å²) in [6.45, 7) is 1.08. The Morgan fingerprint density at radius 2 is 1.60 bits per heavy atom. The van der Waals surface area contributed by atoms with E-state index in [1.807, 2.05) is 0 Å². The van der Waals surface area contributed by atoms with Gasteiger partial charge >= 0.3 is 0 Å². The second-order valence-corrected chi connectivity index (χ2v) is 3.98. The summed E-state index contributed by atoms with van der Waals surface area (Å²) in [7, 11) is -4.08. The molecule has 0 aliphatic carbocycles. The van der Waals surface area contributed by atoms with Crippen molar-refractivity contribution in [2.45, 2.75) is 11.8 Å². The Bertz CT molecular complexity index is 419. The predicted octanol–water partition coefficient (Wildman–Crippen LogP) is 0.606. The number of nitrogens with two attached hydrogens (primary N) is 1. The summed E-state index contributed by atoms with van der Waals surface area (Å²) in [4.78, 5) is 8.85. The van der Waals surface area contributed by atoms with Crippen molar-refractivity contribution in [2.24, 2.45) is 0 Å². The van der Waals surface area contributed by atoms with Crippen LogP contribution in [0.25, 0.3) is 0 Å². The monoisotopic (exact) mass is 233 g/mol. The second-order valence-electron chi connectivity index (χ2n) is 2.56. The Hall–Kier alpha value is -1.60. The van der Waals surface area contributed by atoms with Crippen LogP contribution in [-0.2, 0) is 14.9 Å². The van der Waals surface area contributed by atoms with Gasteiger partial charge in [-0.2, -0.15) is 8.42 Å². The Morgan fingerprint density at radius 3 is 1.87 bits per heavy atom. The number of hydrogen-bond donors (Lipinski definition) is 3. The highest BCUT2D eigenvalue weighted by Crippen LogP contribution is 2.10. The summed E-state index contributed by atoms with van der Waals surface area (Å²) in [5.74, 6) is -0.833. The molecule has 6 nitrogen and oxygen atoms in total. The van der Waals surface area contributed by atoms with Gasteiger partial charge in [0.1, 0.15) is 0 Å². The third-order valence-electron chi connectivity index (χ3n) is 1.18. The summed E-state index contributed by atoms with van der Waals surface area (Å²) in [6.07, 6.45) is 0. The number of rotatable bonds is 1. The van der Waals surface area contributed by atoms with E-state index in [0.717, 1.165) is 6.92 Å².